The SMILES string of the molecule is COc1ccc(F)cc1-c1nc(C(F)(F)F)c(C(=O)NC(C)c2cccc(C(F)(F)F)c2)s1. The first kappa shape index (κ1) is 24.5. The number of carbonyl (C=O) groups is 1. The summed E-state index contributed by atoms with van der Waals surface area (Å²) in [7, 11) is 1.24. The van der Waals surface area contributed by atoms with Crippen LogP contribution in [0.4, 0.5) is 30.7 Å². The van der Waals surface area contributed by atoms with Gasteiger partial charge in [0, 0.05) is 0 Å². The largest absolute Gasteiger partial charge is 0.496 e. The summed E-state index contributed by atoms with van der Waals surface area (Å²) in [4.78, 5) is 15.3. The van der Waals surface area contributed by atoms with Crippen LogP contribution in [0.2, 0.25) is 0 Å². The highest BCUT2D eigenvalue weighted by molar-refractivity contribution is 7.17. The van der Waals surface area contributed by atoms with Gasteiger partial charge in [0.15, 0.2) is 5.69 Å². The van der Waals surface area contributed by atoms with Crippen molar-refractivity contribution in [1.29, 1.82) is 0 Å². The predicted molar refractivity (Wildman–Crippen MR) is 106 cm³/mol. The second-order valence-electron chi connectivity index (χ2n) is 6.86. The molecule has 0 spiro atoms. The normalized spacial score (nSPS) is 13.0. The molecule has 0 radical (unpaired) electrons. The van der Waals surface area contributed by atoms with Gasteiger partial charge in [-0.3, -0.25) is 4.79 Å². The summed E-state index contributed by atoms with van der Waals surface area (Å²) in [6, 6.07) is 6.19. The first-order chi connectivity index (χ1) is 15.3. The molecule has 0 aliphatic carbocycles. The Kier molecular flexibility index (Phi) is 6.68. The maximum absolute atomic E-state index is 13.7. The lowest BCUT2D eigenvalue weighted by Gasteiger charge is -2.16. The van der Waals surface area contributed by atoms with Crippen LogP contribution >= 0.6 is 11.3 Å². The molecule has 176 valence electrons. The standard InChI is InChI=1S/C21H15F7N2O2S/c1-10(11-4-3-5-12(8-11)20(23,24)25)29-18(31)16-17(21(26,27)28)30-19(33-16)14-9-13(22)6-7-15(14)32-2/h3-10H,1-2H3,(H,29,31). The van der Waals surface area contributed by atoms with E-state index in [0.717, 1.165) is 30.3 Å². The quantitative estimate of drug-likeness (QED) is 0.415. The average molecular weight is 492 g/mol. The van der Waals surface area contributed by atoms with Crippen LogP contribution in [0, 0.1) is 5.82 Å². The lowest BCUT2D eigenvalue weighted by molar-refractivity contribution is -0.141. The molecule has 1 heterocycles. The maximum atomic E-state index is 13.7. The fraction of sp³-hybridized carbons (Fsp3) is 0.238. The molecule has 3 rings (SSSR count). The molecular weight excluding hydrogens is 477 g/mol. The molecule has 0 bridgehead atoms. The minimum absolute atomic E-state index is 0.0446. The Morgan fingerprint density at radius 2 is 1.76 bits per heavy atom. The molecule has 1 N–H and O–H groups in total. The van der Waals surface area contributed by atoms with E-state index < -0.39 is 46.3 Å². The molecule has 4 nitrogen and oxygen atoms in total. The number of thiazole rings is 1. The van der Waals surface area contributed by atoms with E-state index in [1.807, 2.05) is 0 Å². The maximum Gasteiger partial charge on any atom is 0.435 e. The number of amides is 1. The van der Waals surface area contributed by atoms with E-state index in [9.17, 15) is 35.5 Å². The van der Waals surface area contributed by atoms with Gasteiger partial charge >= 0.3 is 12.4 Å². The molecule has 0 saturated carbocycles. The van der Waals surface area contributed by atoms with Crippen molar-refractivity contribution in [1.82, 2.24) is 10.3 Å². The van der Waals surface area contributed by atoms with Crippen LogP contribution in [0.3, 0.4) is 0 Å². The van der Waals surface area contributed by atoms with Gasteiger partial charge in [-0.2, -0.15) is 26.3 Å². The summed E-state index contributed by atoms with van der Waals surface area (Å²) in [5, 5.41) is 1.96. The Morgan fingerprint density at radius 1 is 1.06 bits per heavy atom. The van der Waals surface area contributed by atoms with Crippen LogP contribution in [0.25, 0.3) is 10.6 Å². The first-order valence-electron chi connectivity index (χ1n) is 9.21. The molecule has 2 aromatic carbocycles. The molecule has 12 heteroatoms. The number of halogens is 7. The van der Waals surface area contributed by atoms with E-state index in [0.29, 0.717) is 11.3 Å². The van der Waals surface area contributed by atoms with E-state index in [1.54, 1.807) is 0 Å². The van der Waals surface area contributed by atoms with Crippen molar-refractivity contribution < 1.29 is 40.3 Å². The zero-order valence-corrected chi connectivity index (χ0v) is 17.8. The number of nitrogens with zero attached hydrogens (tertiary/aromatic N) is 1. The minimum Gasteiger partial charge on any atom is -0.496 e. The summed E-state index contributed by atoms with van der Waals surface area (Å²) >= 11 is 0.361. The number of ether oxygens (including phenoxy) is 1. The minimum atomic E-state index is -5.01. The number of methoxy groups -OCH3 is 1. The number of hydrogen-bond acceptors (Lipinski definition) is 4. The lowest BCUT2D eigenvalue weighted by atomic mass is 10.0. The third kappa shape index (κ3) is 5.44. The van der Waals surface area contributed by atoms with Crippen LogP contribution in [-0.4, -0.2) is 18.0 Å². The van der Waals surface area contributed by atoms with Gasteiger partial charge < -0.3 is 10.1 Å². The number of benzene rings is 2. The highest BCUT2D eigenvalue weighted by Gasteiger charge is 2.40. The number of hydrogen-bond donors (Lipinski definition) is 1. The number of carbonyl (C=O) groups excluding carboxylic acids is 1. The lowest BCUT2D eigenvalue weighted by Crippen LogP contribution is -2.28. The van der Waals surface area contributed by atoms with Gasteiger partial charge in [0.25, 0.3) is 5.91 Å². The fourth-order valence-corrected chi connectivity index (χ4v) is 3.97. The Bertz CT molecular complexity index is 1170. The van der Waals surface area contributed by atoms with Crippen molar-refractivity contribution >= 4 is 17.2 Å². The van der Waals surface area contributed by atoms with Crippen molar-refractivity contribution in [3.8, 4) is 16.3 Å². The van der Waals surface area contributed by atoms with Crippen LogP contribution in [0.1, 0.15) is 39.5 Å². The summed E-state index contributed by atoms with van der Waals surface area (Å²) in [5.74, 6) is -1.90. The van der Waals surface area contributed by atoms with Gasteiger partial charge in [0.1, 0.15) is 21.5 Å². The van der Waals surface area contributed by atoms with Gasteiger partial charge in [-0.15, -0.1) is 11.3 Å². The summed E-state index contributed by atoms with van der Waals surface area (Å²) < 4.78 is 98.3. The molecule has 1 atom stereocenters. The van der Waals surface area contributed by atoms with Crippen LogP contribution in [-0.2, 0) is 12.4 Å². The molecule has 1 aromatic heterocycles. The van der Waals surface area contributed by atoms with E-state index in [4.69, 9.17) is 4.74 Å². The molecule has 0 aliphatic heterocycles. The van der Waals surface area contributed by atoms with E-state index in [1.165, 1.54) is 26.2 Å². The number of rotatable bonds is 5. The van der Waals surface area contributed by atoms with Gasteiger partial charge in [0.2, 0.25) is 0 Å². The van der Waals surface area contributed by atoms with E-state index in [2.05, 4.69) is 10.3 Å². The smallest absolute Gasteiger partial charge is 0.435 e. The van der Waals surface area contributed by atoms with Crippen molar-refractivity contribution in [2.24, 2.45) is 0 Å². The molecule has 1 amide bonds. The zero-order valence-electron chi connectivity index (χ0n) is 16.9. The Hall–Kier alpha value is -3.15. The van der Waals surface area contributed by atoms with Gasteiger partial charge in [-0.25, -0.2) is 9.37 Å². The van der Waals surface area contributed by atoms with Crippen molar-refractivity contribution in [2.75, 3.05) is 7.11 Å². The van der Waals surface area contributed by atoms with E-state index >= 15 is 0 Å². The highest BCUT2D eigenvalue weighted by Crippen LogP contribution is 2.40. The van der Waals surface area contributed by atoms with Crippen LogP contribution in [0.15, 0.2) is 42.5 Å². The molecule has 3 aromatic rings. The monoisotopic (exact) mass is 492 g/mol. The van der Waals surface area contributed by atoms with Crippen molar-refractivity contribution in [2.45, 2.75) is 25.3 Å². The molecule has 33 heavy (non-hydrogen) atoms. The topological polar surface area (TPSA) is 51.2 Å². The number of nitrogens with one attached hydrogen (secondary N) is 1. The zero-order chi connectivity index (χ0) is 24.6. The second kappa shape index (κ2) is 9.00. The van der Waals surface area contributed by atoms with Gasteiger partial charge in [-0.1, -0.05) is 12.1 Å². The third-order valence-electron chi connectivity index (χ3n) is 4.56. The summed E-state index contributed by atoms with van der Waals surface area (Å²) in [5.41, 5.74) is -2.50. The van der Waals surface area contributed by atoms with Gasteiger partial charge in [-0.05, 0) is 42.8 Å². The molecule has 0 aliphatic rings. The van der Waals surface area contributed by atoms with Crippen molar-refractivity contribution in [3.05, 3.63) is 70.0 Å². The summed E-state index contributed by atoms with van der Waals surface area (Å²) in [6.45, 7) is 1.33. The molecule has 0 fully saturated rings. The van der Waals surface area contributed by atoms with Crippen molar-refractivity contribution in [3.63, 3.8) is 0 Å². The number of alkyl halides is 6. The molecule has 1 unspecified atom stereocenters. The Morgan fingerprint density at radius 3 is 2.36 bits per heavy atom. The second-order valence-corrected chi connectivity index (χ2v) is 7.86. The third-order valence-corrected chi connectivity index (χ3v) is 5.64. The number of aromatic nitrogens is 1. The molecule has 0 saturated heterocycles. The van der Waals surface area contributed by atoms with Crippen LogP contribution < -0.4 is 10.1 Å². The first-order valence-corrected chi connectivity index (χ1v) is 10.0. The predicted octanol–water partition coefficient (Wildman–Crippen LogP) is 6.49. The molecular formula is C21H15F7N2O2S. The van der Waals surface area contributed by atoms with Gasteiger partial charge in [0.05, 0.1) is 24.3 Å². The fourth-order valence-electron chi connectivity index (χ4n) is 2.96. The average Bonchev–Trinajstić information content (AvgIpc) is 3.19. The Labute approximate surface area is 187 Å². The van der Waals surface area contributed by atoms with E-state index in [-0.39, 0.29) is 21.9 Å². The Balaban J connectivity index is 1.97. The van der Waals surface area contributed by atoms with Crippen LogP contribution in [0.5, 0.6) is 5.75 Å². The highest BCUT2D eigenvalue weighted by atomic mass is 32.1. The summed E-state index contributed by atoms with van der Waals surface area (Å²) in [6.07, 6.45) is -9.64.